The Labute approximate surface area is 130 Å². The van der Waals surface area contributed by atoms with Crippen LogP contribution in [0.2, 0.25) is 0 Å². The van der Waals surface area contributed by atoms with Crippen molar-refractivity contribution in [2.24, 2.45) is 17.1 Å². The molecule has 1 aromatic rings. The lowest BCUT2D eigenvalue weighted by atomic mass is 9.80. The molecule has 1 aliphatic rings. The number of hydrogen-bond donors (Lipinski definition) is 1. The molecule has 0 spiro atoms. The molecule has 0 bridgehead atoms. The summed E-state index contributed by atoms with van der Waals surface area (Å²) in [5.74, 6) is 0.396. The number of thiocarbonyl (C=S) groups is 1. The van der Waals surface area contributed by atoms with Crippen molar-refractivity contribution in [3.05, 3.63) is 17.0 Å². The monoisotopic (exact) mass is 332 g/mol. The molecule has 0 aromatic carbocycles. The van der Waals surface area contributed by atoms with Crippen molar-refractivity contribution < 1.29 is 8.42 Å². The lowest BCUT2D eigenvalue weighted by molar-refractivity contribution is 0.252. The summed E-state index contributed by atoms with van der Waals surface area (Å²) in [6.45, 7) is 7.65. The number of thiophene rings is 1. The molecule has 20 heavy (non-hydrogen) atoms. The molecule has 4 nitrogen and oxygen atoms in total. The normalized spacial score (nSPS) is 21.2. The fraction of sp³-hybridized carbons (Fsp3) is 0.615. The van der Waals surface area contributed by atoms with E-state index in [1.807, 2.05) is 0 Å². The molecule has 1 aliphatic heterocycles. The maximum absolute atomic E-state index is 12.6. The topological polar surface area (TPSA) is 63.4 Å². The Bertz CT molecular complexity index is 614. The van der Waals surface area contributed by atoms with Crippen molar-refractivity contribution in [3.63, 3.8) is 0 Å². The van der Waals surface area contributed by atoms with E-state index >= 15 is 0 Å². The molecule has 2 rings (SSSR count). The third-order valence-corrected chi connectivity index (χ3v) is 7.59. The lowest BCUT2D eigenvalue weighted by Crippen LogP contribution is -2.30. The van der Waals surface area contributed by atoms with Crippen molar-refractivity contribution >= 4 is 38.6 Å². The maximum Gasteiger partial charge on any atom is 0.252 e. The standard InChI is InChI=1S/C13H20N2O2S3/c1-13(2,3)9-6-7-15(8-9)20(16,17)11-5-4-10(19-11)12(14)18/h4-5,9H,6-8H2,1-3H3,(H2,14,18). The molecule has 1 fully saturated rings. The van der Waals surface area contributed by atoms with Gasteiger partial charge in [0.2, 0.25) is 0 Å². The van der Waals surface area contributed by atoms with E-state index < -0.39 is 10.0 Å². The molecule has 0 aliphatic carbocycles. The Kier molecular flexibility index (Phi) is 4.26. The van der Waals surface area contributed by atoms with Crippen LogP contribution in [0.15, 0.2) is 16.3 Å². The summed E-state index contributed by atoms with van der Waals surface area (Å²) in [7, 11) is -3.41. The predicted molar refractivity (Wildman–Crippen MR) is 86.5 cm³/mol. The molecule has 1 atom stereocenters. The van der Waals surface area contributed by atoms with Gasteiger partial charge >= 0.3 is 0 Å². The van der Waals surface area contributed by atoms with Crippen LogP contribution in [0.3, 0.4) is 0 Å². The smallest absolute Gasteiger partial charge is 0.252 e. The van der Waals surface area contributed by atoms with Gasteiger partial charge in [0.05, 0.1) is 4.88 Å². The fourth-order valence-electron chi connectivity index (χ4n) is 2.37. The van der Waals surface area contributed by atoms with Gasteiger partial charge in [-0.3, -0.25) is 0 Å². The summed E-state index contributed by atoms with van der Waals surface area (Å²) >= 11 is 6.03. The van der Waals surface area contributed by atoms with Crippen LogP contribution >= 0.6 is 23.6 Å². The zero-order valence-corrected chi connectivity index (χ0v) is 14.4. The van der Waals surface area contributed by atoms with Gasteiger partial charge in [0.15, 0.2) is 0 Å². The number of sulfonamides is 1. The number of hydrogen-bond acceptors (Lipinski definition) is 4. The highest BCUT2D eigenvalue weighted by Gasteiger charge is 2.38. The Balaban J connectivity index is 2.21. The van der Waals surface area contributed by atoms with Crippen LogP contribution in [0.25, 0.3) is 0 Å². The minimum Gasteiger partial charge on any atom is -0.389 e. The van der Waals surface area contributed by atoms with Crippen LogP contribution in [0.4, 0.5) is 0 Å². The minimum atomic E-state index is -3.41. The Morgan fingerprint density at radius 1 is 1.45 bits per heavy atom. The summed E-state index contributed by atoms with van der Waals surface area (Å²) in [4.78, 5) is 0.885. The molecule has 0 amide bonds. The highest BCUT2D eigenvalue weighted by atomic mass is 32.2. The van der Waals surface area contributed by atoms with E-state index in [2.05, 4.69) is 20.8 Å². The average molecular weight is 333 g/mol. The van der Waals surface area contributed by atoms with Gasteiger partial charge < -0.3 is 5.73 Å². The second-order valence-electron chi connectivity index (χ2n) is 6.20. The van der Waals surface area contributed by atoms with Gasteiger partial charge in [-0.25, -0.2) is 8.42 Å². The predicted octanol–water partition coefficient (Wildman–Crippen LogP) is 2.44. The first-order valence-corrected chi connectivity index (χ1v) is 9.18. The van der Waals surface area contributed by atoms with Gasteiger partial charge in [-0.2, -0.15) is 4.31 Å². The molecular formula is C13H20N2O2S3. The summed E-state index contributed by atoms with van der Waals surface area (Å²) in [5.41, 5.74) is 5.67. The highest BCUT2D eigenvalue weighted by Crippen LogP contribution is 2.36. The molecule has 1 saturated heterocycles. The van der Waals surface area contributed by atoms with Crippen LogP contribution in [0.5, 0.6) is 0 Å². The van der Waals surface area contributed by atoms with Gasteiger partial charge in [0, 0.05) is 13.1 Å². The average Bonchev–Trinajstić information content (AvgIpc) is 2.98. The Morgan fingerprint density at radius 2 is 2.10 bits per heavy atom. The van der Waals surface area contributed by atoms with Gasteiger partial charge in [-0.1, -0.05) is 33.0 Å². The zero-order valence-electron chi connectivity index (χ0n) is 11.9. The molecule has 2 N–H and O–H groups in total. The first kappa shape index (κ1) is 15.9. The summed E-state index contributed by atoms with van der Waals surface area (Å²) in [6.07, 6.45) is 0.913. The minimum absolute atomic E-state index is 0.129. The van der Waals surface area contributed by atoms with Crippen LogP contribution in [0.1, 0.15) is 32.1 Å². The van der Waals surface area contributed by atoms with Gasteiger partial charge in [0.25, 0.3) is 10.0 Å². The van der Waals surface area contributed by atoms with Crippen LogP contribution < -0.4 is 5.73 Å². The van der Waals surface area contributed by atoms with Gasteiger partial charge in [-0.05, 0) is 29.9 Å². The SMILES string of the molecule is CC(C)(C)C1CCN(S(=O)(=O)c2ccc(C(N)=S)s2)C1. The molecule has 1 aromatic heterocycles. The van der Waals surface area contributed by atoms with Crippen LogP contribution in [-0.4, -0.2) is 30.8 Å². The zero-order chi connectivity index (χ0) is 15.1. The van der Waals surface area contributed by atoms with Crippen molar-refractivity contribution in [2.75, 3.05) is 13.1 Å². The van der Waals surface area contributed by atoms with Crippen LogP contribution in [-0.2, 0) is 10.0 Å². The summed E-state index contributed by atoms with van der Waals surface area (Å²) in [6, 6.07) is 3.27. The number of rotatable bonds is 3. The first-order valence-electron chi connectivity index (χ1n) is 6.52. The largest absolute Gasteiger partial charge is 0.389 e. The Hall–Kier alpha value is -0.500. The van der Waals surface area contributed by atoms with E-state index in [0.29, 0.717) is 28.1 Å². The highest BCUT2D eigenvalue weighted by molar-refractivity contribution is 7.91. The van der Waals surface area contributed by atoms with E-state index in [4.69, 9.17) is 18.0 Å². The Morgan fingerprint density at radius 3 is 2.55 bits per heavy atom. The van der Waals surface area contributed by atoms with E-state index in [9.17, 15) is 8.42 Å². The van der Waals surface area contributed by atoms with E-state index in [1.165, 1.54) is 0 Å². The molecule has 112 valence electrons. The van der Waals surface area contributed by atoms with E-state index in [1.54, 1.807) is 16.4 Å². The molecule has 0 saturated carbocycles. The second kappa shape index (κ2) is 5.36. The fourth-order valence-corrected chi connectivity index (χ4v) is 5.38. The molecule has 0 radical (unpaired) electrons. The molecule has 2 heterocycles. The van der Waals surface area contributed by atoms with Gasteiger partial charge in [0.1, 0.15) is 9.20 Å². The van der Waals surface area contributed by atoms with Gasteiger partial charge in [-0.15, -0.1) is 11.3 Å². The maximum atomic E-state index is 12.6. The van der Waals surface area contributed by atoms with Crippen molar-refractivity contribution in [1.82, 2.24) is 4.31 Å². The first-order chi connectivity index (χ1) is 9.12. The van der Waals surface area contributed by atoms with E-state index in [-0.39, 0.29) is 10.4 Å². The lowest BCUT2D eigenvalue weighted by Gasteiger charge is -2.26. The molecule has 7 heteroatoms. The summed E-state index contributed by atoms with van der Waals surface area (Å²) < 4.78 is 27.1. The third kappa shape index (κ3) is 3.05. The van der Waals surface area contributed by atoms with Crippen molar-refractivity contribution in [2.45, 2.75) is 31.4 Å². The van der Waals surface area contributed by atoms with Crippen LogP contribution in [0, 0.1) is 11.3 Å². The number of nitrogens with zero attached hydrogens (tertiary/aromatic N) is 1. The quantitative estimate of drug-likeness (QED) is 0.864. The summed E-state index contributed by atoms with van der Waals surface area (Å²) in [5, 5.41) is 0. The molecule has 1 unspecified atom stereocenters. The number of nitrogens with two attached hydrogens (primary N) is 1. The second-order valence-corrected chi connectivity index (χ2v) is 9.89. The molecular weight excluding hydrogens is 312 g/mol. The van der Waals surface area contributed by atoms with E-state index in [0.717, 1.165) is 17.8 Å². The third-order valence-electron chi connectivity index (χ3n) is 3.79. The van der Waals surface area contributed by atoms with Crippen molar-refractivity contribution in [1.29, 1.82) is 0 Å². The van der Waals surface area contributed by atoms with Crippen molar-refractivity contribution in [3.8, 4) is 0 Å².